The first kappa shape index (κ1) is 21.6. The van der Waals surface area contributed by atoms with Crippen molar-refractivity contribution in [2.45, 2.75) is 58.7 Å². The molecule has 3 aromatic rings. The van der Waals surface area contributed by atoms with Gasteiger partial charge in [-0.25, -0.2) is 0 Å². The van der Waals surface area contributed by atoms with Crippen molar-refractivity contribution in [3.8, 4) is 11.4 Å². The van der Waals surface area contributed by atoms with Gasteiger partial charge in [0.25, 0.3) is 0 Å². The molecule has 2 heterocycles. The number of amides is 1. The Hall–Kier alpha value is -2.12. The van der Waals surface area contributed by atoms with Gasteiger partial charge in [-0.2, -0.15) is 0 Å². The van der Waals surface area contributed by atoms with Gasteiger partial charge in [0.05, 0.1) is 5.75 Å². The minimum atomic E-state index is -0.0411. The lowest BCUT2D eigenvalue weighted by Crippen LogP contribution is -2.15. The molecule has 0 aliphatic heterocycles. The SMILES string of the molecule is CCCc1cc(-c2nnc(SCC(=O)Nc3cc(C)cc(C)c3)n2C(C)C)cs1. The molecule has 0 atom stereocenters. The highest BCUT2D eigenvalue weighted by atomic mass is 32.2. The first-order chi connectivity index (χ1) is 13.9. The molecule has 29 heavy (non-hydrogen) atoms. The number of nitrogens with one attached hydrogen (secondary N) is 1. The molecule has 0 aliphatic carbocycles. The third-order valence-electron chi connectivity index (χ3n) is 4.43. The predicted octanol–water partition coefficient (Wildman–Crippen LogP) is 5.89. The molecule has 0 radical (unpaired) electrons. The Balaban J connectivity index is 1.72. The van der Waals surface area contributed by atoms with E-state index in [4.69, 9.17) is 0 Å². The fourth-order valence-corrected chi connectivity index (χ4v) is 5.12. The van der Waals surface area contributed by atoms with E-state index in [0.717, 1.165) is 46.2 Å². The summed E-state index contributed by atoms with van der Waals surface area (Å²) in [5.74, 6) is 1.12. The van der Waals surface area contributed by atoms with Gasteiger partial charge < -0.3 is 5.32 Å². The van der Waals surface area contributed by atoms with E-state index in [9.17, 15) is 4.79 Å². The quantitative estimate of drug-likeness (QED) is 0.455. The summed E-state index contributed by atoms with van der Waals surface area (Å²) in [6, 6.07) is 8.47. The summed E-state index contributed by atoms with van der Waals surface area (Å²) in [4.78, 5) is 13.8. The molecule has 0 fully saturated rings. The van der Waals surface area contributed by atoms with Crippen LogP contribution < -0.4 is 5.32 Å². The fraction of sp³-hybridized carbons (Fsp3) is 0.409. The highest BCUT2D eigenvalue weighted by Gasteiger charge is 2.19. The Morgan fingerprint density at radius 2 is 1.90 bits per heavy atom. The van der Waals surface area contributed by atoms with E-state index in [1.165, 1.54) is 16.6 Å². The molecule has 0 unspecified atom stereocenters. The number of carbonyl (C=O) groups is 1. The number of carbonyl (C=O) groups excluding carboxylic acids is 1. The lowest BCUT2D eigenvalue weighted by atomic mass is 10.1. The third kappa shape index (κ3) is 5.48. The summed E-state index contributed by atoms with van der Waals surface area (Å²) in [6.45, 7) is 10.5. The number of anilines is 1. The van der Waals surface area contributed by atoms with Crippen LogP contribution in [0.15, 0.2) is 34.8 Å². The van der Waals surface area contributed by atoms with Crippen molar-refractivity contribution in [2.75, 3.05) is 11.1 Å². The molecule has 1 N–H and O–H groups in total. The molecule has 0 saturated heterocycles. The van der Waals surface area contributed by atoms with Crippen LogP contribution in [-0.4, -0.2) is 26.4 Å². The van der Waals surface area contributed by atoms with E-state index in [2.05, 4.69) is 58.4 Å². The van der Waals surface area contributed by atoms with Gasteiger partial charge in [0.1, 0.15) is 0 Å². The lowest BCUT2D eigenvalue weighted by Gasteiger charge is -2.13. The molecule has 154 valence electrons. The Bertz CT molecular complexity index is 970. The summed E-state index contributed by atoms with van der Waals surface area (Å²) in [7, 11) is 0. The molecule has 2 aromatic heterocycles. The molecule has 0 bridgehead atoms. The van der Waals surface area contributed by atoms with Crippen molar-refractivity contribution in [2.24, 2.45) is 0 Å². The zero-order chi connectivity index (χ0) is 21.0. The van der Waals surface area contributed by atoms with Crippen molar-refractivity contribution in [3.05, 3.63) is 45.6 Å². The number of hydrogen-bond donors (Lipinski definition) is 1. The second-order valence-corrected chi connectivity index (χ2v) is 9.47. The first-order valence-electron chi connectivity index (χ1n) is 9.91. The second kappa shape index (κ2) is 9.59. The molecule has 1 aromatic carbocycles. The number of aromatic nitrogens is 3. The average Bonchev–Trinajstić information content (AvgIpc) is 3.25. The van der Waals surface area contributed by atoms with Crippen LogP contribution >= 0.6 is 23.1 Å². The molecule has 0 saturated carbocycles. The van der Waals surface area contributed by atoms with Gasteiger partial charge in [-0.3, -0.25) is 9.36 Å². The lowest BCUT2D eigenvalue weighted by molar-refractivity contribution is -0.113. The number of thiophene rings is 1. The van der Waals surface area contributed by atoms with E-state index >= 15 is 0 Å². The first-order valence-corrected chi connectivity index (χ1v) is 11.8. The van der Waals surface area contributed by atoms with Crippen LogP contribution in [0.25, 0.3) is 11.4 Å². The van der Waals surface area contributed by atoms with Gasteiger partial charge >= 0.3 is 0 Å². The van der Waals surface area contributed by atoms with E-state index in [1.54, 1.807) is 11.3 Å². The van der Waals surface area contributed by atoms with Crippen LogP contribution in [0.2, 0.25) is 0 Å². The standard InChI is InChI=1S/C22H28N4OS2/c1-6-7-19-11-17(12-28-19)21-24-25-22(26(21)14(2)3)29-13-20(27)23-18-9-15(4)8-16(5)10-18/h8-12,14H,6-7,13H2,1-5H3,(H,23,27). The smallest absolute Gasteiger partial charge is 0.234 e. The normalized spacial score (nSPS) is 11.2. The summed E-state index contributed by atoms with van der Waals surface area (Å²) in [6.07, 6.45) is 2.22. The van der Waals surface area contributed by atoms with Crippen LogP contribution in [0.1, 0.15) is 49.2 Å². The molecule has 5 nitrogen and oxygen atoms in total. The Labute approximate surface area is 180 Å². The van der Waals surface area contributed by atoms with Crippen LogP contribution in [0.5, 0.6) is 0 Å². The van der Waals surface area contributed by atoms with Crippen LogP contribution in [-0.2, 0) is 11.2 Å². The van der Waals surface area contributed by atoms with Crippen molar-refractivity contribution < 1.29 is 4.79 Å². The molecule has 1 amide bonds. The number of aryl methyl sites for hydroxylation is 3. The van der Waals surface area contributed by atoms with Gasteiger partial charge in [0, 0.05) is 27.5 Å². The van der Waals surface area contributed by atoms with Crippen LogP contribution in [0.3, 0.4) is 0 Å². The maximum Gasteiger partial charge on any atom is 0.234 e. The molecular formula is C22H28N4OS2. The monoisotopic (exact) mass is 428 g/mol. The zero-order valence-electron chi connectivity index (χ0n) is 17.7. The molecule has 3 rings (SSSR count). The number of thioether (sulfide) groups is 1. The van der Waals surface area contributed by atoms with Crippen molar-refractivity contribution >= 4 is 34.7 Å². The Kier molecular flexibility index (Phi) is 7.14. The van der Waals surface area contributed by atoms with Crippen LogP contribution in [0, 0.1) is 13.8 Å². The maximum absolute atomic E-state index is 12.5. The van der Waals surface area contributed by atoms with Gasteiger partial charge in [-0.05, 0) is 63.4 Å². The summed E-state index contributed by atoms with van der Waals surface area (Å²) in [5.41, 5.74) is 4.21. The van der Waals surface area contributed by atoms with Crippen LogP contribution in [0.4, 0.5) is 5.69 Å². The minimum absolute atomic E-state index is 0.0411. The van der Waals surface area contributed by atoms with Gasteiger partial charge in [0.15, 0.2) is 11.0 Å². The maximum atomic E-state index is 12.5. The van der Waals surface area contributed by atoms with Crippen molar-refractivity contribution in [3.63, 3.8) is 0 Å². The Morgan fingerprint density at radius 3 is 2.55 bits per heavy atom. The predicted molar refractivity (Wildman–Crippen MR) is 123 cm³/mol. The van der Waals surface area contributed by atoms with E-state index in [-0.39, 0.29) is 11.9 Å². The summed E-state index contributed by atoms with van der Waals surface area (Å²) >= 11 is 3.19. The topological polar surface area (TPSA) is 59.8 Å². The highest BCUT2D eigenvalue weighted by molar-refractivity contribution is 7.99. The molecule has 0 spiro atoms. The zero-order valence-corrected chi connectivity index (χ0v) is 19.3. The van der Waals surface area contributed by atoms with Gasteiger partial charge in [-0.15, -0.1) is 21.5 Å². The van der Waals surface area contributed by atoms with E-state index in [0.29, 0.717) is 5.75 Å². The van der Waals surface area contributed by atoms with Crippen molar-refractivity contribution in [1.29, 1.82) is 0 Å². The van der Waals surface area contributed by atoms with Crippen molar-refractivity contribution in [1.82, 2.24) is 14.8 Å². The van der Waals surface area contributed by atoms with Gasteiger partial charge in [0.2, 0.25) is 5.91 Å². The fourth-order valence-electron chi connectivity index (χ4n) is 3.29. The average molecular weight is 429 g/mol. The van der Waals surface area contributed by atoms with Gasteiger partial charge in [-0.1, -0.05) is 31.2 Å². The Morgan fingerprint density at radius 1 is 1.17 bits per heavy atom. The number of benzene rings is 1. The third-order valence-corrected chi connectivity index (χ3v) is 6.37. The van der Waals surface area contributed by atoms with E-state index in [1.807, 2.05) is 26.0 Å². The number of nitrogens with zero attached hydrogens (tertiary/aromatic N) is 3. The second-order valence-electron chi connectivity index (χ2n) is 7.53. The number of rotatable bonds is 8. The molecular weight excluding hydrogens is 400 g/mol. The minimum Gasteiger partial charge on any atom is -0.325 e. The highest BCUT2D eigenvalue weighted by Crippen LogP contribution is 2.31. The summed E-state index contributed by atoms with van der Waals surface area (Å²) < 4.78 is 2.12. The molecule has 0 aliphatic rings. The number of hydrogen-bond acceptors (Lipinski definition) is 5. The van der Waals surface area contributed by atoms with E-state index < -0.39 is 0 Å². The largest absolute Gasteiger partial charge is 0.325 e. The molecule has 7 heteroatoms. The summed E-state index contributed by atoms with van der Waals surface area (Å²) in [5, 5.41) is 14.7.